The minimum absolute atomic E-state index is 0.0427. The van der Waals surface area contributed by atoms with Crippen molar-refractivity contribution >= 4 is 5.91 Å². The summed E-state index contributed by atoms with van der Waals surface area (Å²) in [5, 5.41) is 16.0. The lowest BCUT2D eigenvalue weighted by Crippen LogP contribution is -2.56. The Morgan fingerprint density at radius 1 is 1.28 bits per heavy atom. The van der Waals surface area contributed by atoms with Crippen LogP contribution in [-0.2, 0) is 4.79 Å². The fourth-order valence-corrected chi connectivity index (χ4v) is 3.13. The van der Waals surface area contributed by atoms with Gasteiger partial charge in [0.15, 0.2) is 0 Å². The highest BCUT2D eigenvalue weighted by Gasteiger charge is 2.34. The van der Waals surface area contributed by atoms with Gasteiger partial charge in [0.2, 0.25) is 5.91 Å². The van der Waals surface area contributed by atoms with Crippen LogP contribution in [0.15, 0.2) is 0 Å². The quantitative estimate of drug-likeness (QED) is 0.709. The Morgan fingerprint density at radius 2 is 2.00 bits per heavy atom. The molecule has 1 saturated carbocycles. The Morgan fingerprint density at radius 3 is 2.72 bits per heavy atom. The summed E-state index contributed by atoms with van der Waals surface area (Å²) >= 11 is 0. The maximum Gasteiger partial charge on any atom is 0.237 e. The van der Waals surface area contributed by atoms with Crippen LogP contribution in [0.1, 0.15) is 52.4 Å². The zero-order chi connectivity index (χ0) is 13.2. The average Bonchev–Trinajstić information content (AvgIpc) is 2.34. The average molecular weight is 254 g/mol. The maximum atomic E-state index is 12.0. The van der Waals surface area contributed by atoms with Crippen molar-refractivity contribution < 1.29 is 9.90 Å². The van der Waals surface area contributed by atoms with Gasteiger partial charge in [-0.15, -0.1) is 0 Å². The second-order valence-corrected chi connectivity index (χ2v) is 6.48. The monoisotopic (exact) mass is 254 g/mol. The SMILES string of the molecule is CC(C)(O)CNC(=O)C1CCC2CCCCC2N1. The smallest absolute Gasteiger partial charge is 0.237 e. The van der Waals surface area contributed by atoms with Gasteiger partial charge in [0.05, 0.1) is 11.6 Å². The minimum Gasteiger partial charge on any atom is -0.389 e. The summed E-state index contributed by atoms with van der Waals surface area (Å²) in [5.74, 6) is 0.818. The van der Waals surface area contributed by atoms with Crippen LogP contribution in [0.4, 0.5) is 0 Å². The fraction of sp³-hybridized carbons (Fsp3) is 0.929. The van der Waals surface area contributed by atoms with Gasteiger partial charge in [0.1, 0.15) is 0 Å². The van der Waals surface area contributed by atoms with Crippen LogP contribution in [0.3, 0.4) is 0 Å². The van der Waals surface area contributed by atoms with Crippen molar-refractivity contribution in [2.45, 2.75) is 70.1 Å². The molecule has 1 aliphatic carbocycles. The van der Waals surface area contributed by atoms with E-state index in [2.05, 4.69) is 10.6 Å². The summed E-state index contributed by atoms with van der Waals surface area (Å²) < 4.78 is 0. The van der Waals surface area contributed by atoms with E-state index < -0.39 is 5.60 Å². The molecule has 0 aromatic rings. The Labute approximate surface area is 110 Å². The Kier molecular flexibility index (Phi) is 4.28. The molecule has 0 radical (unpaired) electrons. The van der Waals surface area contributed by atoms with E-state index in [1.165, 1.54) is 25.7 Å². The van der Waals surface area contributed by atoms with E-state index in [1.54, 1.807) is 13.8 Å². The molecule has 1 aliphatic heterocycles. The van der Waals surface area contributed by atoms with Crippen LogP contribution in [-0.4, -0.2) is 35.2 Å². The molecule has 1 saturated heterocycles. The molecule has 4 nitrogen and oxygen atoms in total. The molecule has 1 heterocycles. The molecule has 18 heavy (non-hydrogen) atoms. The van der Waals surface area contributed by atoms with Crippen molar-refractivity contribution in [2.75, 3.05) is 6.54 Å². The maximum absolute atomic E-state index is 12.0. The zero-order valence-corrected chi connectivity index (χ0v) is 11.5. The molecule has 104 valence electrons. The third kappa shape index (κ3) is 3.69. The van der Waals surface area contributed by atoms with Crippen LogP contribution in [0, 0.1) is 5.92 Å². The van der Waals surface area contributed by atoms with Crippen LogP contribution in [0.5, 0.6) is 0 Å². The molecule has 2 aliphatic rings. The van der Waals surface area contributed by atoms with E-state index in [1.807, 2.05) is 0 Å². The number of aliphatic hydroxyl groups is 1. The molecule has 3 unspecified atom stereocenters. The van der Waals surface area contributed by atoms with Gasteiger partial charge < -0.3 is 15.7 Å². The first kappa shape index (κ1) is 13.8. The molecule has 3 atom stereocenters. The van der Waals surface area contributed by atoms with E-state index in [9.17, 15) is 9.90 Å². The number of piperidine rings is 1. The number of carbonyl (C=O) groups is 1. The Balaban J connectivity index is 1.81. The topological polar surface area (TPSA) is 61.4 Å². The number of hydrogen-bond acceptors (Lipinski definition) is 3. The molecule has 1 amide bonds. The third-order valence-corrected chi connectivity index (χ3v) is 4.16. The first-order valence-corrected chi connectivity index (χ1v) is 7.22. The first-order chi connectivity index (χ1) is 8.46. The molecule has 0 aromatic heterocycles. The van der Waals surface area contributed by atoms with Gasteiger partial charge in [-0.25, -0.2) is 0 Å². The van der Waals surface area contributed by atoms with Crippen LogP contribution < -0.4 is 10.6 Å². The normalized spacial score (nSPS) is 32.7. The predicted molar refractivity (Wildman–Crippen MR) is 71.2 cm³/mol. The molecule has 0 bridgehead atoms. The van der Waals surface area contributed by atoms with Crippen molar-refractivity contribution in [1.29, 1.82) is 0 Å². The molecule has 2 fully saturated rings. The molecular weight excluding hydrogens is 228 g/mol. The van der Waals surface area contributed by atoms with Gasteiger partial charge in [0, 0.05) is 12.6 Å². The molecule has 2 rings (SSSR count). The molecule has 4 heteroatoms. The Hall–Kier alpha value is -0.610. The number of nitrogens with one attached hydrogen (secondary N) is 2. The van der Waals surface area contributed by atoms with Crippen LogP contribution in [0.25, 0.3) is 0 Å². The van der Waals surface area contributed by atoms with Gasteiger partial charge in [-0.05, 0) is 45.4 Å². The van der Waals surface area contributed by atoms with E-state index in [0.29, 0.717) is 12.6 Å². The third-order valence-electron chi connectivity index (χ3n) is 4.16. The summed E-state index contributed by atoms with van der Waals surface area (Å²) in [4.78, 5) is 12.0. The number of hydrogen-bond donors (Lipinski definition) is 3. The van der Waals surface area contributed by atoms with Crippen molar-refractivity contribution in [1.82, 2.24) is 10.6 Å². The zero-order valence-electron chi connectivity index (χ0n) is 11.5. The summed E-state index contributed by atoms with van der Waals surface area (Å²) in [7, 11) is 0. The van der Waals surface area contributed by atoms with Crippen molar-refractivity contribution in [3.05, 3.63) is 0 Å². The summed E-state index contributed by atoms with van der Waals surface area (Å²) in [6.07, 6.45) is 7.25. The van der Waals surface area contributed by atoms with E-state index >= 15 is 0 Å². The second-order valence-electron chi connectivity index (χ2n) is 6.48. The number of carbonyl (C=O) groups excluding carboxylic acids is 1. The minimum atomic E-state index is -0.836. The second kappa shape index (κ2) is 5.57. The van der Waals surface area contributed by atoms with Gasteiger partial charge in [-0.1, -0.05) is 12.8 Å². The molecule has 0 spiro atoms. The lowest BCUT2D eigenvalue weighted by atomic mass is 9.77. The van der Waals surface area contributed by atoms with E-state index in [4.69, 9.17) is 0 Å². The lowest BCUT2D eigenvalue weighted by Gasteiger charge is -2.40. The predicted octanol–water partition coefficient (Wildman–Crippen LogP) is 1.18. The van der Waals surface area contributed by atoms with Crippen molar-refractivity contribution in [2.24, 2.45) is 5.92 Å². The Bertz CT molecular complexity index is 299. The summed E-state index contributed by atoms with van der Waals surface area (Å²) in [6.45, 7) is 3.73. The van der Waals surface area contributed by atoms with Gasteiger partial charge in [0.25, 0.3) is 0 Å². The van der Waals surface area contributed by atoms with Crippen LogP contribution in [0.2, 0.25) is 0 Å². The van der Waals surface area contributed by atoms with Crippen molar-refractivity contribution in [3.63, 3.8) is 0 Å². The highest BCUT2D eigenvalue weighted by molar-refractivity contribution is 5.81. The largest absolute Gasteiger partial charge is 0.389 e. The first-order valence-electron chi connectivity index (χ1n) is 7.22. The van der Waals surface area contributed by atoms with Crippen molar-refractivity contribution in [3.8, 4) is 0 Å². The van der Waals surface area contributed by atoms with Gasteiger partial charge in [-0.3, -0.25) is 4.79 Å². The molecule has 0 aromatic carbocycles. The standard InChI is InChI=1S/C14H26N2O2/c1-14(2,18)9-15-13(17)12-8-7-10-5-3-4-6-11(10)16-12/h10-12,16,18H,3-9H2,1-2H3,(H,15,17). The van der Waals surface area contributed by atoms with Crippen LogP contribution >= 0.6 is 0 Å². The highest BCUT2D eigenvalue weighted by Crippen LogP contribution is 2.32. The summed E-state index contributed by atoms with van der Waals surface area (Å²) in [6, 6.07) is 0.470. The van der Waals surface area contributed by atoms with E-state index in [0.717, 1.165) is 18.8 Å². The van der Waals surface area contributed by atoms with Gasteiger partial charge in [-0.2, -0.15) is 0 Å². The number of amides is 1. The fourth-order valence-electron chi connectivity index (χ4n) is 3.13. The highest BCUT2D eigenvalue weighted by atomic mass is 16.3. The molecular formula is C14H26N2O2. The van der Waals surface area contributed by atoms with E-state index in [-0.39, 0.29) is 11.9 Å². The number of fused-ring (bicyclic) bond motifs is 1. The lowest BCUT2D eigenvalue weighted by molar-refractivity contribution is -0.125. The molecule has 3 N–H and O–H groups in total. The van der Waals surface area contributed by atoms with Gasteiger partial charge >= 0.3 is 0 Å². The summed E-state index contributed by atoms with van der Waals surface area (Å²) in [5.41, 5.74) is -0.836. The number of rotatable bonds is 3.